The Morgan fingerprint density at radius 2 is 1.79 bits per heavy atom. The molecular formula is C21H23N3O4S. The molecule has 3 aromatic rings. The van der Waals surface area contributed by atoms with E-state index in [1.807, 2.05) is 35.8 Å². The molecular weight excluding hydrogens is 390 g/mol. The Bertz CT molecular complexity index is 1060. The molecule has 3 rings (SSSR count). The molecule has 152 valence electrons. The van der Waals surface area contributed by atoms with Gasteiger partial charge in [0.15, 0.2) is 16.5 Å². The van der Waals surface area contributed by atoms with Crippen molar-refractivity contribution in [3.05, 3.63) is 59.9 Å². The van der Waals surface area contributed by atoms with Gasteiger partial charge in [-0.15, -0.1) is 10.2 Å². The van der Waals surface area contributed by atoms with Crippen molar-refractivity contribution in [2.45, 2.75) is 37.6 Å². The fourth-order valence-corrected chi connectivity index (χ4v) is 3.58. The number of aromatic nitrogens is 3. The topological polar surface area (TPSA) is 91.2 Å². The Balaban J connectivity index is 1.69. The van der Waals surface area contributed by atoms with Crippen LogP contribution in [0.1, 0.15) is 24.7 Å². The zero-order valence-electron chi connectivity index (χ0n) is 16.4. The number of aryl methyl sites for hydroxylation is 1. The van der Waals surface area contributed by atoms with E-state index in [0.717, 1.165) is 28.5 Å². The second kappa shape index (κ2) is 9.47. The predicted octanol–water partition coefficient (Wildman–Crippen LogP) is 2.69. The Labute approximate surface area is 171 Å². The van der Waals surface area contributed by atoms with E-state index in [1.54, 1.807) is 19.2 Å². The van der Waals surface area contributed by atoms with E-state index in [0.29, 0.717) is 19.4 Å². The number of hydrogen-bond donors (Lipinski definition) is 1. The first-order chi connectivity index (χ1) is 14.0. The van der Waals surface area contributed by atoms with E-state index >= 15 is 0 Å². The normalized spacial score (nSPS) is 11.0. The molecule has 0 saturated heterocycles. The molecule has 0 N–H and O–H groups in total. The highest BCUT2D eigenvalue weighted by Gasteiger charge is 2.17. The van der Waals surface area contributed by atoms with Crippen LogP contribution >= 0.6 is 0 Å². The van der Waals surface area contributed by atoms with Crippen LogP contribution in [0.4, 0.5) is 0 Å². The molecule has 0 aliphatic rings. The molecule has 0 bridgehead atoms. The predicted molar refractivity (Wildman–Crippen MR) is 110 cm³/mol. The van der Waals surface area contributed by atoms with E-state index < -0.39 is 10.7 Å². The molecule has 8 heteroatoms. The molecule has 0 aliphatic heterocycles. The monoisotopic (exact) mass is 413 g/mol. The molecule has 1 heterocycles. The van der Waals surface area contributed by atoms with Crippen LogP contribution < -0.4 is 4.74 Å². The SMILES string of the molecule is CCn1c(CCC(=O)Cc2ccc([SH](=O)=O)cc2)nnc1-c1ccccc1OC. The average Bonchev–Trinajstić information content (AvgIpc) is 3.15. The highest BCUT2D eigenvalue weighted by Crippen LogP contribution is 2.28. The minimum atomic E-state index is -2.60. The summed E-state index contributed by atoms with van der Waals surface area (Å²) in [6.07, 6.45) is 1.08. The van der Waals surface area contributed by atoms with Gasteiger partial charge in [-0.3, -0.25) is 4.79 Å². The summed E-state index contributed by atoms with van der Waals surface area (Å²) in [6, 6.07) is 14.0. The van der Waals surface area contributed by atoms with Gasteiger partial charge < -0.3 is 9.30 Å². The number of nitrogens with zero attached hydrogens (tertiary/aromatic N) is 3. The second-order valence-electron chi connectivity index (χ2n) is 6.52. The standard InChI is InChI=1S/C21H23N3O4S/c1-3-24-20(22-23-21(24)18-6-4-5-7-19(18)28-2)13-10-16(25)14-15-8-11-17(12-9-15)29(26)27/h4-9,11-12,29H,3,10,13-14H2,1-2H3. The number of carbonyl (C=O) groups excluding carboxylic acids is 1. The van der Waals surface area contributed by atoms with Crippen molar-refractivity contribution in [3.63, 3.8) is 0 Å². The first-order valence-electron chi connectivity index (χ1n) is 9.34. The average molecular weight is 413 g/mol. The van der Waals surface area contributed by atoms with E-state index in [9.17, 15) is 13.2 Å². The lowest BCUT2D eigenvalue weighted by Crippen LogP contribution is -2.09. The van der Waals surface area contributed by atoms with Crippen molar-refractivity contribution >= 4 is 16.5 Å². The number of ether oxygens (including phenoxy) is 1. The maximum Gasteiger partial charge on any atom is 0.168 e. The van der Waals surface area contributed by atoms with Gasteiger partial charge in [0.25, 0.3) is 0 Å². The highest BCUT2D eigenvalue weighted by molar-refractivity contribution is 7.72. The minimum absolute atomic E-state index is 0.0637. The molecule has 1 aromatic heterocycles. The van der Waals surface area contributed by atoms with E-state index in [2.05, 4.69) is 10.2 Å². The number of Topliss-reactive ketones (excluding diaryl/α,β-unsaturated/α-hetero) is 1. The zero-order valence-corrected chi connectivity index (χ0v) is 17.3. The summed E-state index contributed by atoms with van der Waals surface area (Å²) in [5.74, 6) is 2.25. The molecule has 0 amide bonds. The number of ketones is 1. The largest absolute Gasteiger partial charge is 0.496 e. The Morgan fingerprint density at radius 1 is 1.07 bits per heavy atom. The number of benzene rings is 2. The molecule has 0 aliphatic carbocycles. The van der Waals surface area contributed by atoms with Crippen LogP contribution in [0, 0.1) is 0 Å². The molecule has 0 saturated carbocycles. The van der Waals surface area contributed by atoms with E-state index in [-0.39, 0.29) is 17.1 Å². The molecule has 7 nitrogen and oxygen atoms in total. The molecule has 0 fully saturated rings. The van der Waals surface area contributed by atoms with Gasteiger partial charge in [-0.2, -0.15) is 0 Å². The number of carbonyl (C=O) groups is 1. The van der Waals surface area contributed by atoms with Crippen LogP contribution in [0.5, 0.6) is 5.75 Å². The van der Waals surface area contributed by atoms with Crippen molar-refractivity contribution in [2.24, 2.45) is 0 Å². The lowest BCUT2D eigenvalue weighted by atomic mass is 10.1. The van der Waals surface area contributed by atoms with Crippen LogP contribution in [0.3, 0.4) is 0 Å². The van der Waals surface area contributed by atoms with E-state index in [4.69, 9.17) is 4.74 Å². The summed E-state index contributed by atoms with van der Waals surface area (Å²) < 4.78 is 29.3. The fraction of sp³-hybridized carbons (Fsp3) is 0.286. The number of thiol groups is 1. The lowest BCUT2D eigenvalue weighted by Gasteiger charge is -2.10. The Kier molecular flexibility index (Phi) is 6.77. The summed E-state index contributed by atoms with van der Waals surface area (Å²) in [5.41, 5.74) is 1.65. The molecule has 0 radical (unpaired) electrons. The smallest absolute Gasteiger partial charge is 0.168 e. The van der Waals surface area contributed by atoms with Crippen LogP contribution in [0.15, 0.2) is 53.4 Å². The molecule has 0 atom stereocenters. The summed E-state index contributed by atoms with van der Waals surface area (Å²) in [7, 11) is -0.986. The van der Waals surface area contributed by atoms with Gasteiger partial charge in [-0.05, 0) is 36.8 Å². The lowest BCUT2D eigenvalue weighted by molar-refractivity contribution is -0.118. The van der Waals surface area contributed by atoms with Crippen molar-refractivity contribution < 1.29 is 17.9 Å². The van der Waals surface area contributed by atoms with Crippen LogP contribution in [-0.2, 0) is 34.9 Å². The quantitative estimate of drug-likeness (QED) is 0.543. The van der Waals surface area contributed by atoms with Crippen LogP contribution in [0.2, 0.25) is 0 Å². The molecule has 2 aromatic carbocycles. The van der Waals surface area contributed by atoms with Gasteiger partial charge in [0.05, 0.1) is 17.6 Å². The summed E-state index contributed by atoms with van der Waals surface area (Å²) in [5, 5.41) is 8.60. The highest BCUT2D eigenvalue weighted by atomic mass is 32.2. The minimum Gasteiger partial charge on any atom is -0.496 e. The van der Waals surface area contributed by atoms with Gasteiger partial charge in [0.1, 0.15) is 17.4 Å². The summed E-state index contributed by atoms with van der Waals surface area (Å²) in [6.45, 7) is 2.69. The summed E-state index contributed by atoms with van der Waals surface area (Å²) >= 11 is 0. The maximum absolute atomic E-state index is 12.4. The van der Waals surface area contributed by atoms with Crippen molar-refractivity contribution in [1.29, 1.82) is 0 Å². The Morgan fingerprint density at radius 3 is 2.45 bits per heavy atom. The van der Waals surface area contributed by atoms with Crippen molar-refractivity contribution in [3.8, 4) is 17.1 Å². The molecule has 0 spiro atoms. The molecule has 29 heavy (non-hydrogen) atoms. The van der Waals surface area contributed by atoms with Gasteiger partial charge >= 0.3 is 0 Å². The number of methoxy groups -OCH3 is 1. The third kappa shape index (κ3) is 4.89. The fourth-order valence-electron chi connectivity index (χ4n) is 3.18. The van der Waals surface area contributed by atoms with Crippen molar-refractivity contribution in [2.75, 3.05) is 7.11 Å². The van der Waals surface area contributed by atoms with Gasteiger partial charge in [0, 0.05) is 25.8 Å². The van der Waals surface area contributed by atoms with E-state index in [1.165, 1.54) is 12.1 Å². The zero-order chi connectivity index (χ0) is 20.8. The summed E-state index contributed by atoms with van der Waals surface area (Å²) in [4.78, 5) is 12.6. The first kappa shape index (κ1) is 20.7. The van der Waals surface area contributed by atoms with Gasteiger partial charge in [-0.25, -0.2) is 8.42 Å². The van der Waals surface area contributed by atoms with Crippen LogP contribution in [-0.4, -0.2) is 36.1 Å². The second-order valence-corrected chi connectivity index (χ2v) is 7.55. The number of para-hydroxylation sites is 1. The van der Waals surface area contributed by atoms with Crippen LogP contribution in [0.25, 0.3) is 11.4 Å². The maximum atomic E-state index is 12.4. The first-order valence-corrected chi connectivity index (χ1v) is 10.5. The Hall–Kier alpha value is -3.00. The van der Waals surface area contributed by atoms with Gasteiger partial charge in [0.2, 0.25) is 0 Å². The third-order valence-electron chi connectivity index (χ3n) is 4.67. The van der Waals surface area contributed by atoms with Crippen molar-refractivity contribution in [1.82, 2.24) is 14.8 Å². The number of rotatable bonds is 9. The third-order valence-corrected chi connectivity index (χ3v) is 5.39. The number of hydrogen-bond acceptors (Lipinski definition) is 6. The van der Waals surface area contributed by atoms with Gasteiger partial charge in [-0.1, -0.05) is 24.3 Å². The molecule has 0 unspecified atom stereocenters.